The Balaban J connectivity index is 1.25. The molecular weight excluding hydrogens is 570 g/mol. The highest BCUT2D eigenvalue weighted by atomic mass is 16.5. The molecular formula is C39H43N5O2. The van der Waals surface area contributed by atoms with Crippen LogP contribution >= 0.6 is 0 Å². The summed E-state index contributed by atoms with van der Waals surface area (Å²) in [7, 11) is 0. The normalized spacial score (nSPS) is 14.3. The molecule has 0 aliphatic heterocycles. The molecule has 1 amide bonds. The fourth-order valence-electron chi connectivity index (χ4n) is 6.14. The van der Waals surface area contributed by atoms with Gasteiger partial charge in [-0.2, -0.15) is 5.10 Å². The van der Waals surface area contributed by atoms with Crippen molar-refractivity contribution in [3.63, 3.8) is 0 Å². The molecule has 0 saturated carbocycles. The van der Waals surface area contributed by atoms with E-state index in [4.69, 9.17) is 9.72 Å². The minimum absolute atomic E-state index is 0.0708. The summed E-state index contributed by atoms with van der Waals surface area (Å²) in [5, 5.41) is 4.64. The topological polar surface area (TPSA) is 73.1 Å². The molecule has 0 saturated heterocycles. The summed E-state index contributed by atoms with van der Waals surface area (Å²) in [6.45, 7) is 10.1. The van der Waals surface area contributed by atoms with Gasteiger partial charge in [0.1, 0.15) is 12.4 Å². The Morgan fingerprint density at radius 3 is 2.30 bits per heavy atom. The van der Waals surface area contributed by atoms with Gasteiger partial charge in [-0.1, -0.05) is 76.2 Å². The zero-order valence-corrected chi connectivity index (χ0v) is 27.3. The summed E-state index contributed by atoms with van der Waals surface area (Å²) < 4.78 is 8.23. The van der Waals surface area contributed by atoms with Gasteiger partial charge in [0.05, 0.1) is 37.1 Å². The van der Waals surface area contributed by atoms with Crippen LogP contribution in [0.4, 0.5) is 5.69 Å². The van der Waals surface area contributed by atoms with Gasteiger partial charge < -0.3 is 9.64 Å². The zero-order valence-electron chi connectivity index (χ0n) is 27.3. The number of hydrogen-bond donors (Lipinski definition) is 0. The molecule has 0 fully saturated rings. The van der Waals surface area contributed by atoms with Crippen LogP contribution in [0, 0.1) is 0 Å². The first-order valence-electron chi connectivity index (χ1n) is 16.4. The maximum absolute atomic E-state index is 14.6. The van der Waals surface area contributed by atoms with E-state index in [9.17, 15) is 4.79 Å². The van der Waals surface area contributed by atoms with Crippen LogP contribution in [-0.4, -0.2) is 25.7 Å². The first kappa shape index (κ1) is 31.2. The molecule has 7 nitrogen and oxygen atoms in total. The number of anilines is 1. The van der Waals surface area contributed by atoms with Gasteiger partial charge in [0.15, 0.2) is 0 Å². The maximum Gasteiger partial charge on any atom is 0.234 e. The number of nitrogens with zero attached hydrogens (tertiary/aromatic N) is 5. The van der Waals surface area contributed by atoms with Gasteiger partial charge in [-0.15, -0.1) is 0 Å². The first-order chi connectivity index (χ1) is 22.4. The third kappa shape index (κ3) is 7.20. The van der Waals surface area contributed by atoms with E-state index >= 15 is 0 Å². The lowest BCUT2D eigenvalue weighted by atomic mass is 9.81. The lowest BCUT2D eigenvalue weighted by Crippen LogP contribution is -2.36. The van der Waals surface area contributed by atoms with E-state index in [1.165, 1.54) is 0 Å². The standard InChI is InChI=1S/C39H43N5O2/c1-27(2)36-18-16-30(20-40-36)23-43-24-31(21-42-43)25-44(32-17-19-37(28(3)4)41-22-32)39(45)35-14-8-13-34-33(35)12-9-15-38(34)46-26-29-10-6-5-7-11-29/h5-7,9-12,15-22,24,27-28,35H,8,13-14,23,25-26H2,1-4H3. The van der Waals surface area contributed by atoms with Crippen LogP contribution in [0.2, 0.25) is 0 Å². The predicted octanol–water partition coefficient (Wildman–Crippen LogP) is 8.20. The lowest BCUT2D eigenvalue weighted by Gasteiger charge is -2.31. The molecule has 1 atom stereocenters. The third-order valence-corrected chi connectivity index (χ3v) is 8.75. The number of amides is 1. The van der Waals surface area contributed by atoms with Gasteiger partial charge in [0.25, 0.3) is 0 Å². The highest BCUT2D eigenvalue weighted by Crippen LogP contribution is 2.39. The van der Waals surface area contributed by atoms with Crippen LogP contribution in [0.1, 0.15) is 97.5 Å². The van der Waals surface area contributed by atoms with E-state index < -0.39 is 0 Å². The van der Waals surface area contributed by atoms with Crippen molar-refractivity contribution < 1.29 is 9.53 Å². The van der Waals surface area contributed by atoms with Crippen LogP contribution in [0.15, 0.2) is 97.6 Å². The monoisotopic (exact) mass is 613 g/mol. The molecule has 236 valence electrons. The van der Waals surface area contributed by atoms with Crippen molar-refractivity contribution in [3.8, 4) is 5.75 Å². The molecule has 7 heteroatoms. The highest BCUT2D eigenvalue weighted by molar-refractivity contribution is 5.98. The van der Waals surface area contributed by atoms with Crippen molar-refractivity contribution in [3.05, 3.63) is 137 Å². The number of aromatic nitrogens is 4. The Morgan fingerprint density at radius 1 is 0.848 bits per heavy atom. The van der Waals surface area contributed by atoms with Crippen LogP contribution in [-0.2, 0) is 30.9 Å². The number of benzene rings is 2. The Morgan fingerprint density at radius 2 is 1.61 bits per heavy atom. The Bertz CT molecular complexity index is 1740. The molecule has 0 N–H and O–H groups in total. The number of rotatable bonds is 11. The molecule has 3 aromatic heterocycles. The molecule has 6 rings (SSSR count). The number of pyridine rings is 2. The second-order valence-electron chi connectivity index (χ2n) is 12.9. The second-order valence-corrected chi connectivity index (χ2v) is 12.9. The number of carbonyl (C=O) groups is 1. The molecule has 1 aliphatic rings. The summed E-state index contributed by atoms with van der Waals surface area (Å²) >= 11 is 0. The summed E-state index contributed by atoms with van der Waals surface area (Å²) in [4.78, 5) is 25.8. The zero-order chi connectivity index (χ0) is 32.0. The molecule has 3 heterocycles. The Hall–Kier alpha value is -4.78. The summed E-state index contributed by atoms with van der Waals surface area (Å²) in [5.74, 6) is 1.36. The molecule has 46 heavy (non-hydrogen) atoms. The van der Waals surface area contributed by atoms with E-state index in [-0.39, 0.29) is 11.8 Å². The van der Waals surface area contributed by atoms with E-state index in [1.807, 2.05) is 76.8 Å². The van der Waals surface area contributed by atoms with Gasteiger partial charge in [-0.25, -0.2) is 0 Å². The van der Waals surface area contributed by atoms with Crippen LogP contribution in [0.5, 0.6) is 5.75 Å². The van der Waals surface area contributed by atoms with Crippen molar-refractivity contribution in [2.24, 2.45) is 0 Å². The number of fused-ring (bicyclic) bond motifs is 1. The Kier molecular flexibility index (Phi) is 9.57. The van der Waals surface area contributed by atoms with Crippen molar-refractivity contribution in [2.75, 3.05) is 4.90 Å². The largest absolute Gasteiger partial charge is 0.489 e. The Labute approximate surface area is 272 Å². The maximum atomic E-state index is 14.6. The summed E-state index contributed by atoms with van der Waals surface area (Å²) in [6.07, 6.45) is 10.3. The lowest BCUT2D eigenvalue weighted by molar-refractivity contribution is -0.120. The van der Waals surface area contributed by atoms with Gasteiger partial charge in [0, 0.05) is 29.3 Å². The summed E-state index contributed by atoms with van der Waals surface area (Å²) in [6, 6.07) is 24.6. The second kappa shape index (κ2) is 14.1. The predicted molar refractivity (Wildman–Crippen MR) is 182 cm³/mol. The molecule has 0 spiro atoms. The number of hydrogen-bond acceptors (Lipinski definition) is 5. The summed E-state index contributed by atoms with van der Waals surface area (Å²) in [5.41, 5.74) is 8.25. The van der Waals surface area contributed by atoms with Crippen molar-refractivity contribution >= 4 is 11.6 Å². The highest BCUT2D eigenvalue weighted by Gasteiger charge is 2.32. The quantitative estimate of drug-likeness (QED) is 0.150. The average Bonchev–Trinajstić information content (AvgIpc) is 3.53. The first-order valence-corrected chi connectivity index (χ1v) is 16.4. The fraction of sp³-hybridized carbons (Fsp3) is 0.333. The third-order valence-electron chi connectivity index (χ3n) is 8.75. The van der Waals surface area contributed by atoms with Gasteiger partial charge >= 0.3 is 0 Å². The molecule has 1 unspecified atom stereocenters. The average molecular weight is 614 g/mol. The molecule has 2 aromatic carbocycles. The van der Waals surface area contributed by atoms with E-state index in [0.717, 1.165) is 69.9 Å². The van der Waals surface area contributed by atoms with Gasteiger partial charge in [0.2, 0.25) is 5.91 Å². The van der Waals surface area contributed by atoms with Crippen molar-refractivity contribution in [1.29, 1.82) is 0 Å². The molecule has 0 bridgehead atoms. The fourth-order valence-corrected chi connectivity index (χ4v) is 6.14. The molecule has 5 aromatic rings. The van der Waals surface area contributed by atoms with Crippen molar-refractivity contribution in [1.82, 2.24) is 19.7 Å². The van der Waals surface area contributed by atoms with Gasteiger partial charge in [-0.3, -0.25) is 19.4 Å². The minimum atomic E-state index is -0.269. The molecule has 1 aliphatic carbocycles. The van der Waals surface area contributed by atoms with Crippen LogP contribution < -0.4 is 9.64 Å². The van der Waals surface area contributed by atoms with Crippen LogP contribution in [0.3, 0.4) is 0 Å². The van der Waals surface area contributed by atoms with E-state index in [1.54, 1.807) is 0 Å². The van der Waals surface area contributed by atoms with Crippen LogP contribution in [0.25, 0.3) is 0 Å². The van der Waals surface area contributed by atoms with E-state index in [0.29, 0.717) is 31.5 Å². The van der Waals surface area contributed by atoms with E-state index in [2.05, 4.69) is 68.1 Å². The van der Waals surface area contributed by atoms with Crippen molar-refractivity contribution in [2.45, 2.75) is 84.4 Å². The number of ether oxygens (including phenoxy) is 1. The smallest absolute Gasteiger partial charge is 0.234 e. The number of carbonyl (C=O) groups excluding carboxylic acids is 1. The van der Waals surface area contributed by atoms with Gasteiger partial charge in [-0.05, 0) is 77.6 Å². The molecule has 0 radical (unpaired) electrons. The SMILES string of the molecule is CC(C)c1ccc(Cn2cc(CN(C(=O)C3CCCc4c(OCc5ccccc5)cccc43)c3ccc(C(C)C)nc3)cn2)cn1. The minimum Gasteiger partial charge on any atom is -0.489 e.